The number of hydrogen-bond acceptors (Lipinski definition) is 3. The van der Waals surface area contributed by atoms with Crippen molar-refractivity contribution in [1.29, 1.82) is 0 Å². The van der Waals surface area contributed by atoms with E-state index in [0.29, 0.717) is 25.2 Å². The van der Waals surface area contributed by atoms with Crippen LogP contribution in [-0.2, 0) is 11.3 Å². The second-order valence-corrected chi connectivity index (χ2v) is 3.84. The van der Waals surface area contributed by atoms with Crippen molar-refractivity contribution >= 4 is 10.9 Å². The summed E-state index contributed by atoms with van der Waals surface area (Å²) < 4.78 is 20.9. The lowest BCUT2D eigenvalue weighted by atomic mass is 10.1. The molecule has 0 saturated heterocycles. The number of aromatic nitrogens is 2. The predicted molar refractivity (Wildman–Crippen MR) is 57.4 cm³/mol. The van der Waals surface area contributed by atoms with E-state index in [4.69, 9.17) is 10.5 Å². The lowest BCUT2D eigenvalue weighted by Crippen LogP contribution is -2.27. The molecule has 84 valence electrons. The average Bonchev–Trinajstić information content (AvgIpc) is 2.69. The number of ether oxygens (including phenoxy) is 1. The first-order chi connectivity index (χ1) is 7.81. The number of hydrogen-bond donors (Lipinski definition) is 1. The van der Waals surface area contributed by atoms with E-state index in [9.17, 15) is 4.39 Å². The summed E-state index contributed by atoms with van der Waals surface area (Å²) in [5.41, 5.74) is 6.94. The van der Waals surface area contributed by atoms with Gasteiger partial charge in [-0.15, -0.1) is 0 Å². The van der Waals surface area contributed by atoms with Crippen molar-refractivity contribution in [2.24, 2.45) is 5.73 Å². The third-order valence-electron chi connectivity index (χ3n) is 2.90. The second kappa shape index (κ2) is 3.54. The Bertz CT molecular complexity index is 537. The van der Waals surface area contributed by atoms with Crippen LogP contribution in [0.25, 0.3) is 10.9 Å². The summed E-state index contributed by atoms with van der Waals surface area (Å²) in [6.07, 6.45) is -0.180. The zero-order valence-corrected chi connectivity index (χ0v) is 8.69. The van der Waals surface area contributed by atoms with Gasteiger partial charge < -0.3 is 10.5 Å². The first kappa shape index (κ1) is 9.74. The molecular formula is C11H12FN3O. The van der Waals surface area contributed by atoms with Crippen molar-refractivity contribution in [3.8, 4) is 0 Å². The van der Waals surface area contributed by atoms with Crippen molar-refractivity contribution in [2.45, 2.75) is 12.6 Å². The van der Waals surface area contributed by atoms with Gasteiger partial charge in [0.25, 0.3) is 0 Å². The maximum absolute atomic E-state index is 13.6. The fourth-order valence-electron chi connectivity index (χ4n) is 2.19. The average molecular weight is 221 g/mol. The van der Waals surface area contributed by atoms with Crippen LogP contribution in [0.3, 0.4) is 0 Å². The van der Waals surface area contributed by atoms with E-state index in [1.165, 1.54) is 6.07 Å². The van der Waals surface area contributed by atoms with Gasteiger partial charge in [0, 0.05) is 11.9 Å². The molecule has 0 radical (unpaired) electrons. The maximum Gasteiger partial charge on any atom is 0.151 e. The van der Waals surface area contributed by atoms with Crippen molar-refractivity contribution < 1.29 is 9.13 Å². The molecule has 0 amide bonds. The van der Waals surface area contributed by atoms with Crippen LogP contribution in [0.15, 0.2) is 18.2 Å². The highest BCUT2D eigenvalue weighted by Gasteiger charge is 2.25. The standard InChI is InChI=1S/C11H12FN3O/c12-8-3-1-2-7-10(8)14-15-4-5-16-9(6-13)11(7)15/h1-3,9H,4-6,13H2/t9-/m1/s1. The van der Waals surface area contributed by atoms with E-state index in [-0.39, 0.29) is 11.9 Å². The molecule has 0 fully saturated rings. The monoisotopic (exact) mass is 221 g/mol. The number of halogens is 1. The lowest BCUT2D eigenvalue weighted by Gasteiger charge is -2.23. The molecule has 0 saturated carbocycles. The smallest absolute Gasteiger partial charge is 0.151 e. The van der Waals surface area contributed by atoms with Crippen LogP contribution < -0.4 is 5.73 Å². The molecule has 1 atom stereocenters. The Morgan fingerprint density at radius 2 is 2.44 bits per heavy atom. The molecule has 0 spiro atoms. The summed E-state index contributed by atoms with van der Waals surface area (Å²) >= 11 is 0. The summed E-state index contributed by atoms with van der Waals surface area (Å²) in [7, 11) is 0. The fraction of sp³-hybridized carbons (Fsp3) is 0.364. The van der Waals surface area contributed by atoms with Crippen LogP contribution in [0.4, 0.5) is 4.39 Å². The molecule has 3 rings (SSSR count). The Morgan fingerprint density at radius 1 is 1.56 bits per heavy atom. The highest BCUT2D eigenvalue weighted by atomic mass is 19.1. The van der Waals surface area contributed by atoms with Gasteiger partial charge in [0.1, 0.15) is 11.6 Å². The van der Waals surface area contributed by atoms with Gasteiger partial charge in [0.2, 0.25) is 0 Å². The summed E-state index contributed by atoms with van der Waals surface area (Å²) in [6.45, 7) is 1.61. The topological polar surface area (TPSA) is 53.1 Å². The van der Waals surface area contributed by atoms with E-state index in [1.54, 1.807) is 10.7 Å². The third-order valence-corrected chi connectivity index (χ3v) is 2.90. The first-order valence-corrected chi connectivity index (χ1v) is 5.28. The van der Waals surface area contributed by atoms with Crippen molar-refractivity contribution in [1.82, 2.24) is 9.78 Å². The van der Waals surface area contributed by atoms with Crippen molar-refractivity contribution in [3.05, 3.63) is 29.7 Å². The molecule has 1 aliphatic heterocycles. The van der Waals surface area contributed by atoms with Crippen LogP contribution >= 0.6 is 0 Å². The molecule has 1 aliphatic rings. The lowest BCUT2D eigenvalue weighted by molar-refractivity contribution is 0.0236. The number of nitrogens with two attached hydrogens (primary N) is 1. The van der Waals surface area contributed by atoms with E-state index < -0.39 is 0 Å². The van der Waals surface area contributed by atoms with Crippen LogP contribution in [0, 0.1) is 5.82 Å². The maximum atomic E-state index is 13.6. The first-order valence-electron chi connectivity index (χ1n) is 5.28. The number of nitrogens with zero attached hydrogens (tertiary/aromatic N) is 2. The molecule has 2 N–H and O–H groups in total. The number of fused-ring (bicyclic) bond motifs is 3. The summed E-state index contributed by atoms with van der Waals surface area (Å²) in [6, 6.07) is 4.95. The Morgan fingerprint density at radius 3 is 3.25 bits per heavy atom. The Balaban J connectivity index is 2.30. The third kappa shape index (κ3) is 1.25. The minimum Gasteiger partial charge on any atom is -0.369 e. The van der Waals surface area contributed by atoms with Gasteiger partial charge in [-0.2, -0.15) is 5.10 Å². The summed E-state index contributed by atoms with van der Waals surface area (Å²) in [4.78, 5) is 0. The fourth-order valence-corrected chi connectivity index (χ4v) is 2.19. The van der Waals surface area contributed by atoms with E-state index in [0.717, 1.165) is 11.1 Å². The van der Waals surface area contributed by atoms with Gasteiger partial charge in [0.05, 0.1) is 18.8 Å². The summed E-state index contributed by atoms with van der Waals surface area (Å²) in [5.74, 6) is -0.296. The van der Waals surface area contributed by atoms with E-state index in [2.05, 4.69) is 5.10 Å². The molecule has 0 aliphatic carbocycles. The quantitative estimate of drug-likeness (QED) is 0.787. The SMILES string of the molecule is NC[C@H]1OCCn2nc3c(F)cccc3c21. The molecule has 5 heteroatoms. The Kier molecular flexibility index (Phi) is 2.15. The molecule has 4 nitrogen and oxygen atoms in total. The van der Waals surface area contributed by atoms with Crippen molar-refractivity contribution in [2.75, 3.05) is 13.2 Å². The molecule has 1 aromatic carbocycles. The molecule has 0 unspecified atom stereocenters. The molecule has 2 heterocycles. The van der Waals surface area contributed by atoms with E-state index >= 15 is 0 Å². The van der Waals surface area contributed by atoms with Gasteiger partial charge in [-0.3, -0.25) is 4.68 Å². The molecule has 16 heavy (non-hydrogen) atoms. The molecular weight excluding hydrogens is 209 g/mol. The zero-order valence-electron chi connectivity index (χ0n) is 8.69. The second-order valence-electron chi connectivity index (χ2n) is 3.84. The number of rotatable bonds is 1. The highest BCUT2D eigenvalue weighted by molar-refractivity contribution is 5.82. The molecule has 2 aromatic rings. The van der Waals surface area contributed by atoms with Gasteiger partial charge >= 0.3 is 0 Å². The van der Waals surface area contributed by atoms with Gasteiger partial charge in [-0.1, -0.05) is 12.1 Å². The Hall–Kier alpha value is -1.46. The number of benzene rings is 1. The largest absolute Gasteiger partial charge is 0.369 e. The van der Waals surface area contributed by atoms with Crippen LogP contribution in [-0.4, -0.2) is 22.9 Å². The summed E-state index contributed by atoms with van der Waals surface area (Å²) in [5, 5.41) is 5.06. The normalized spacial score (nSPS) is 20.0. The minimum absolute atomic E-state index is 0.180. The Labute approximate surface area is 91.8 Å². The van der Waals surface area contributed by atoms with Crippen molar-refractivity contribution in [3.63, 3.8) is 0 Å². The minimum atomic E-state index is -0.296. The van der Waals surface area contributed by atoms with Gasteiger partial charge in [0.15, 0.2) is 5.82 Å². The zero-order chi connectivity index (χ0) is 11.1. The van der Waals surface area contributed by atoms with E-state index in [1.807, 2.05) is 6.07 Å². The molecule has 1 aromatic heterocycles. The molecule has 0 bridgehead atoms. The van der Waals surface area contributed by atoms with Crippen LogP contribution in [0.2, 0.25) is 0 Å². The predicted octanol–water partition coefficient (Wildman–Crippen LogP) is 1.21. The van der Waals surface area contributed by atoms with Crippen LogP contribution in [0.1, 0.15) is 11.8 Å². The van der Waals surface area contributed by atoms with Crippen LogP contribution in [0.5, 0.6) is 0 Å². The highest BCUT2D eigenvalue weighted by Crippen LogP contribution is 2.29. The van der Waals surface area contributed by atoms with Gasteiger partial charge in [-0.05, 0) is 6.07 Å². The van der Waals surface area contributed by atoms with Gasteiger partial charge in [-0.25, -0.2) is 4.39 Å².